The van der Waals surface area contributed by atoms with Crippen LogP contribution in [0.15, 0.2) is 24.8 Å². The number of aromatic nitrogens is 4. The molecular weight excluding hydrogens is 324 g/mol. The lowest BCUT2D eigenvalue weighted by molar-refractivity contribution is -0.120. The number of thiophene rings is 1. The first-order valence-electron chi connectivity index (χ1n) is 7.73. The molecule has 1 atom stereocenters. The van der Waals surface area contributed by atoms with Crippen LogP contribution in [-0.4, -0.2) is 45.5 Å². The van der Waals surface area contributed by atoms with E-state index in [1.807, 2.05) is 14.0 Å². The summed E-state index contributed by atoms with van der Waals surface area (Å²) in [6.07, 6.45) is 3.86. The molecule has 0 aliphatic rings. The number of fused-ring (bicyclic) bond motifs is 1. The topological polar surface area (TPSA) is 86.8 Å². The Hall–Kier alpha value is -2.48. The number of carbonyl (C=O) groups excluding carboxylic acids is 1. The van der Waals surface area contributed by atoms with E-state index < -0.39 is 0 Å². The number of aryl methyl sites for hydroxylation is 1. The third-order valence-corrected chi connectivity index (χ3v) is 4.68. The molecule has 2 N–H and O–H groups in total. The Balaban J connectivity index is 1.59. The molecule has 0 saturated carbocycles. The van der Waals surface area contributed by atoms with Gasteiger partial charge in [-0.3, -0.25) is 4.79 Å². The molecule has 3 heterocycles. The summed E-state index contributed by atoms with van der Waals surface area (Å²) < 4.78 is 0. The standard InChI is InChI=1S/C16H20N6OS/c1-10(6-12-5-4-11(2)24-12)21-13(23)7-22(3)16-14-15(18-8-17-14)19-9-20-16/h4-5,8-10H,6-7H2,1-3H3,(H,21,23)(H,17,18,19,20)/t10-/m1/s1. The van der Waals surface area contributed by atoms with Gasteiger partial charge in [0.05, 0.1) is 12.9 Å². The van der Waals surface area contributed by atoms with Gasteiger partial charge < -0.3 is 15.2 Å². The molecule has 3 aromatic rings. The summed E-state index contributed by atoms with van der Waals surface area (Å²) in [5, 5.41) is 3.04. The van der Waals surface area contributed by atoms with Crippen LogP contribution in [0.25, 0.3) is 11.2 Å². The molecule has 3 rings (SSSR count). The second-order valence-electron chi connectivity index (χ2n) is 5.84. The number of H-pyrrole nitrogens is 1. The highest BCUT2D eigenvalue weighted by molar-refractivity contribution is 7.11. The Morgan fingerprint density at radius 2 is 2.21 bits per heavy atom. The molecule has 0 unspecified atom stereocenters. The van der Waals surface area contributed by atoms with Gasteiger partial charge in [0.25, 0.3) is 0 Å². The molecule has 0 saturated heterocycles. The first kappa shape index (κ1) is 16.4. The zero-order chi connectivity index (χ0) is 17.1. The highest BCUT2D eigenvalue weighted by atomic mass is 32.1. The highest BCUT2D eigenvalue weighted by Crippen LogP contribution is 2.18. The van der Waals surface area contributed by atoms with Gasteiger partial charge in [-0.1, -0.05) is 0 Å². The van der Waals surface area contributed by atoms with Crippen LogP contribution in [0.5, 0.6) is 0 Å². The van der Waals surface area contributed by atoms with Crippen LogP contribution in [0.3, 0.4) is 0 Å². The zero-order valence-electron chi connectivity index (χ0n) is 13.9. The number of anilines is 1. The predicted molar refractivity (Wildman–Crippen MR) is 95.3 cm³/mol. The molecule has 8 heteroatoms. The summed E-state index contributed by atoms with van der Waals surface area (Å²) in [6, 6.07) is 4.30. The summed E-state index contributed by atoms with van der Waals surface area (Å²) in [5.74, 6) is 0.624. The summed E-state index contributed by atoms with van der Waals surface area (Å²) in [6.45, 7) is 4.33. The molecule has 0 fully saturated rings. The summed E-state index contributed by atoms with van der Waals surface area (Å²) in [4.78, 5) is 32.1. The van der Waals surface area contributed by atoms with Crippen molar-refractivity contribution >= 4 is 34.2 Å². The van der Waals surface area contributed by atoms with E-state index >= 15 is 0 Å². The van der Waals surface area contributed by atoms with E-state index in [1.54, 1.807) is 22.6 Å². The fourth-order valence-electron chi connectivity index (χ4n) is 2.60. The lowest BCUT2D eigenvalue weighted by atomic mass is 10.2. The Kier molecular flexibility index (Phi) is 4.75. The lowest BCUT2D eigenvalue weighted by Crippen LogP contribution is -2.40. The van der Waals surface area contributed by atoms with Crippen molar-refractivity contribution in [3.05, 3.63) is 34.5 Å². The van der Waals surface area contributed by atoms with Gasteiger partial charge in [0.2, 0.25) is 5.91 Å². The second kappa shape index (κ2) is 6.96. The minimum absolute atomic E-state index is 0.0374. The van der Waals surface area contributed by atoms with E-state index in [-0.39, 0.29) is 18.5 Å². The highest BCUT2D eigenvalue weighted by Gasteiger charge is 2.15. The quantitative estimate of drug-likeness (QED) is 0.713. The van der Waals surface area contributed by atoms with Crippen LogP contribution in [0, 0.1) is 6.92 Å². The number of hydrogen-bond acceptors (Lipinski definition) is 6. The van der Waals surface area contributed by atoms with Crippen molar-refractivity contribution in [1.82, 2.24) is 25.3 Å². The lowest BCUT2D eigenvalue weighted by Gasteiger charge is -2.20. The van der Waals surface area contributed by atoms with Gasteiger partial charge in [0, 0.05) is 29.3 Å². The number of rotatable bonds is 6. The molecule has 1 amide bonds. The van der Waals surface area contributed by atoms with E-state index in [0.717, 1.165) is 11.9 Å². The number of likely N-dealkylation sites (N-methyl/N-ethyl adjacent to an activating group) is 1. The van der Waals surface area contributed by atoms with Gasteiger partial charge in [-0.05, 0) is 26.0 Å². The van der Waals surface area contributed by atoms with Crippen molar-refractivity contribution in [3.8, 4) is 0 Å². The first-order valence-corrected chi connectivity index (χ1v) is 8.54. The molecule has 126 valence electrons. The average Bonchev–Trinajstić information content (AvgIpc) is 3.15. The maximum absolute atomic E-state index is 12.3. The number of imidazole rings is 1. The average molecular weight is 344 g/mol. The largest absolute Gasteiger partial charge is 0.352 e. The van der Waals surface area contributed by atoms with Crippen molar-refractivity contribution < 1.29 is 4.79 Å². The summed E-state index contributed by atoms with van der Waals surface area (Å²) >= 11 is 1.77. The Bertz CT molecular complexity index is 842. The maximum atomic E-state index is 12.3. The van der Waals surface area contributed by atoms with E-state index in [0.29, 0.717) is 11.5 Å². The molecule has 0 bridgehead atoms. The number of amides is 1. The smallest absolute Gasteiger partial charge is 0.239 e. The van der Waals surface area contributed by atoms with E-state index in [1.165, 1.54) is 16.1 Å². The van der Waals surface area contributed by atoms with Gasteiger partial charge in [0.15, 0.2) is 11.5 Å². The SMILES string of the molecule is Cc1ccc(C[C@@H](C)NC(=O)CN(C)c2ncnc3nc[nH]c23)s1. The number of nitrogens with one attached hydrogen (secondary N) is 2. The van der Waals surface area contributed by atoms with Crippen LogP contribution < -0.4 is 10.2 Å². The van der Waals surface area contributed by atoms with Crippen LogP contribution in [0.2, 0.25) is 0 Å². The fraction of sp³-hybridized carbons (Fsp3) is 0.375. The summed E-state index contributed by atoms with van der Waals surface area (Å²) in [7, 11) is 1.83. The van der Waals surface area contributed by atoms with Crippen molar-refractivity contribution in [2.45, 2.75) is 26.3 Å². The normalized spacial score (nSPS) is 12.3. The van der Waals surface area contributed by atoms with E-state index in [9.17, 15) is 4.79 Å². The number of nitrogens with zero attached hydrogens (tertiary/aromatic N) is 4. The van der Waals surface area contributed by atoms with Crippen molar-refractivity contribution in [3.63, 3.8) is 0 Å². The number of aromatic amines is 1. The van der Waals surface area contributed by atoms with Gasteiger partial charge >= 0.3 is 0 Å². The fourth-order valence-corrected chi connectivity index (χ4v) is 3.62. The Morgan fingerprint density at radius 1 is 1.38 bits per heavy atom. The Labute approximate surface area is 144 Å². The molecule has 7 nitrogen and oxygen atoms in total. The zero-order valence-corrected chi connectivity index (χ0v) is 14.7. The molecular formula is C16H20N6OS. The van der Waals surface area contributed by atoms with Gasteiger partial charge in [0.1, 0.15) is 11.8 Å². The molecule has 0 radical (unpaired) electrons. The van der Waals surface area contributed by atoms with Crippen LogP contribution >= 0.6 is 11.3 Å². The summed E-state index contributed by atoms with van der Waals surface area (Å²) in [5.41, 5.74) is 1.32. The number of carbonyl (C=O) groups is 1. The molecule has 0 aliphatic heterocycles. The minimum atomic E-state index is -0.0374. The maximum Gasteiger partial charge on any atom is 0.239 e. The predicted octanol–water partition coefficient (Wildman–Crippen LogP) is 1.91. The Morgan fingerprint density at radius 3 is 2.96 bits per heavy atom. The van der Waals surface area contributed by atoms with E-state index in [4.69, 9.17) is 0 Å². The van der Waals surface area contributed by atoms with Crippen molar-refractivity contribution in [2.24, 2.45) is 0 Å². The molecule has 3 aromatic heterocycles. The van der Waals surface area contributed by atoms with Gasteiger partial charge in [-0.2, -0.15) is 0 Å². The van der Waals surface area contributed by atoms with Crippen molar-refractivity contribution in [2.75, 3.05) is 18.5 Å². The van der Waals surface area contributed by atoms with Crippen LogP contribution in [0.4, 0.5) is 5.82 Å². The molecule has 0 aliphatic carbocycles. The number of hydrogen-bond donors (Lipinski definition) is 2. The van der Waals surface area contributed by atoms with Crippen LogP contribution in [0.1, 0.15) is 16.7 Å². The third-order valence-electron chi connectivity index (χ3n) is 3.66. The van der Waals surface area contributed by atoms with E-state index in [2.05, 4.69) is 44.3 Å². The van der Waals surface area contributed by atoms with Crippen LogP contribution in [-0.2, 0) is 11.2 Å². The third kappa shape index (κ3) is 3.70. The monoisotopic (exact) mass is 344 g/mol. The molecule has 0 spiro atoms. The van der Waals surface area contributed by atoms with Crippen molar-refractivity contribution in [1.29, 1.82) is 0 Å². The molecule has 24 heavy (non-hydrogen) atoms. The van der Waals surface area contributed by atoms with Gasteiger partial charge in [-0.25, -0.2) is 15.0 Å². The first-order chi connectivity index (χ1) is 11.5. The minimum Gasteiger partial charge on any atom is -0.352 e. The second-order valence-corrected chi connectivity index (χ2v) is 7.21. The molecule has 0 aromatic carbocycles. The van der Waals surface area contributed by atoms with Gasteiger partial charge in [-0.15, -0.1) is 11.3 Å².